The minimum Gasteiger partial charge on any atom is -0.497 e. The lowest BCUT2D eigenvalue weighted by Gasteiger charge is -2.18. The molecule has 8 heteroatoms. The van der Waals surface area contributed by atoms with Crippen molar-refractivity contribution in [3.8, 4) is 22.8 Å². The SMILES string of the molecule is CCN(CC)C(=O)CSc1nnc(-c2ccccc2Cl)n1-c1ccc(OC)cc1. The monoisotopic (exact) mass is 430 g/mol. The minimum atomic E-state index is 0.0728. The van der Waals surface area contributed by atoms with E-state index >= 15 is 0 Å². The highest BCUT2D eigenvalue weighted by Gasteiger charge is 2.20. The molecule has 3 aromatic rings. The highest BCUT2D eigenvalue weighted by Crippen LogP contribution is 2.32. The van der Waals surface area contributed by atoms with Gasteiger partial charge in [-0.3, -0.25) is 9.36 Å². The summed E-state index contributed by atoms with van der Waals surface area (Å²) < 4.78 is 7.18. The maximum Gasteiger partial charge on any atom is 0.233 e. The topological polar surface area (TPSA) is 60.2 Å². The molecule has 0 aliphatic heterocycles. The molecule has 1 heterocycles. The molecule has 0 aliphatic rings. The maximum absolute atomic E-state index is 12.5. The first-order valence-electron chi connectivity index (χ1n) is 9.34. The van der Waals surface area contributed by atoms with Crippen LogP contribution in [0.3, 0.4) is 0 Å². The number of halogens is 1. The number of thioether (sulfide) groups is 1. The number of aromatic nitrogens is 3. The van der Waals surface area contributed by atoms with Gasteiger partial charge in [-0.1, -0.05) is 35.5 Å². The summed E-state index contributed by atoms with van der Waals surface area (Å²) in [5.74, 6) is 1.74. The molecular formula is C21H23ClN4O2S. The van der Waals surface area contributed by atoms with E-state index in [0.29, 0.717) is 34.8 Å². The zero-order chi connectivity index (χ0) is 20.8. The summed E-state index contributed by atoms with van der Waals surface area (Å²) in [5.41, 5.74) is 1.64. The fourth-order valence-corrected chi connectivity index (χ4v) is 4.01. The number of carbonyl (C=O) groups excluding carboxylic acids is 1. The molecule has 0 saturated carbocycles. The van der Waals surface area contributed by atoms with E-state index < -0.39 is 0 Å². The number of rotatable bonds is 8. The number of nitrogens with zero attached hydrogens (tertiary/aromatic N) is 4. The van der Waals surface area contributed by atoms with Crippen LogP contribution < -0.4 is 4.74 Å². The maximum atomic E-state index is 12.5. The van der Waals surface area contributed by atoms with Crippen LogP contribution >= 0.6 is 23.4 Å². The highest BCUT2D eigenvalue weighted by atomic mass is 35.5. The molecule has 0 N–H and O–H groups in total. The van der Waals surface area contributed by atoms with Crippen LogP contribution in [-0.4, -0.2) is 51.5 Å². The quantitative estimate of drug-likeness (QED) is 0.490. The second kappa shape index (κ2) is 9.80. The molecule has 3 rings (SSSR count). The predicted octanol–water partition coefficient (Wildman–Crippen LogP) is 4.56. The van der Waals surface area contributed by atoms with E-state index in [1.807, 2.05) is 66.9 Å². The molecular weight excluding hydrogens is 408 g/mol. The Labute approximate surface area is 179 Å². The molecule has 152 valence electrons. The number of benzene rings is 2. The Balaban J connectivity index is 2.00. The van der Waals surface area contributed by atoms with Crippen LogP contribution in [0.5, 0.6) is 5.75 Å². The van der Waals surface area contributed by atoms with Crippen molar-refractivity contribution in [3.63, 3.8) is 0 Å². The summed E-state index contributed by atoms with van der Waals surface area (Å²) in [5, 5.41) is 9.95. The second-order valence-electron chi connectivity index (χ2n) is 6.17. The van der Waals surface area contributed by atoms with E-state index in [1.165, 1.54) is 11.8 Å². The highest BCUT2D eigenvalue weighted by molar-refractivity contribution is 7.99. The average Bonchev–Trinajstić information content (AvgIpc) is 3.17. The molecule has 0 fully saturated rings. The van der Waals surface area contributed by atoms with Crippen molar-refractivity contribution < 1.29 is 9.53 Å². The van der Waals surface area contributed by atoms with E-state index in [2.05, 4.69) is 10.2 Å². The lowest BCUT2D eigenvalue weighted by atomic mass is 10.2. The number of carbonyl (C=O) groups is 1. The van der Waals surface area contributed by atoms with Gasteiger partial charge in [0, 0.05) is 24.3 Å². The largest absolute Gasteiger partial charge is 0.497 e. The molecule has 0 aliphatic carbocycles. The zero-order valence-electron chi connectivity index (χ0n) is 16.6. The number of ether oxygens (including phenoxy) is 1. The first kappa shape index (κ1) is 21.2. The van der Waals surface area contributed by atoms with Gasteiger partial charge < -0.3 is 9.64 Å². The summed E-state index contributed by atoms with van der Waals surface area (Å²) in [6, 6.07) is 15.1. The van der Waals surface area contributed by atoms with E-state index in [-0.39, 0.29) is 5.91 Å². The molecule has 2 aromatic carbocycles. The zero-order valence-corrected chi connectivity index (χ0v) is 18.2. The molecule has 0 atom stereocenters. The normalized spacial score (nSPS) is 10.8. The van der Waals surface area contributed by atoms with E-state index in [9.17, 15) is 4.79 Å². The van der Waals surface area contributed by atoms with Crippen molar-refractivity contribution in [2.24, 2.45) is 0 Å². The third-order valence-electron chi connectivity index (χ3n) is 4.52. The minimum absolute atomic E-state index is 0.0728. The van der Waals surface area contributed by atoms with E-state index in [0.717, 1.165) is 17.0 Å². The molecule has 0 unspecified atom stereocenters. The smallest absolute Gasteiger partial charge is 0.233 e. The first-order chi connectivity index (χ1) is 14.1. The van der Waals surface area contributed by atoms with Gasteiger partial charge in [-0.25, -0.2) is 0 Å². The summed E-state index contributed by atoms with van der Waals surface area (Å²) in [6.07, 6.45) is 0. The molecule has 6 nitrogen and oxygen atoms in total. The predicted molar refractivity (Wildman–Crippen MR) is 117 cm³/mol. The molecule has 0 saturated heterocycles. The second-order valence-corrected chi connectivity index (χ2v) is 7.52. The Hall–Kier alpha value is -2.51. The standard InChI is InChI=1S/C21H23ClN4O2S/c1-4-25(5-2)19(27)14-29-21-24-23-20(17-8-6-7-9-18(17)22)26(21)15-10-12-16(28-3)13-11-15/h6-13H,4-5,14H2,1-3H3. The van der Waals surface area contributed by atoms with Crippen LogP contribution in [0, 0.1) is 0 Å². The molecule has 0 radical (unpaired) electrons. The number of methoxy groups -OCH3 is 1. The van der Waals surface area contributed by atoms with Crippen molar-refractivity contribution >= 4 is 29.3 Å². The van der Waals surface area contributed by atoms with Gasteiger partial charge in [-0.15, -0.1) is 10.2 Å². The fraction of sp³-hybridized carbons (Fsp3) is 0.286. The van der Waals surface area contributed by atoms with E-state index in [4.69, 9.17) is 16.3 Å². The number of hydrogen-bond donors (Lipinski definition) is 0. The van der Waals surface area contributed by atoms with Crippen LogP contribution in [0.15, 0.2) is 53.7 Å². The van der Waals surface area contributed by atoms with Gasteiger partial charge in [-0.2, -0.15) is 0 Å². The average molecular weight is 431 g/mol. The summed E-state index contributed by atoms with van der Waals surface area (Å²) >= 11 is 7.78. The van der Waals surface area contributed by atoms with E-state index in [1.54, 1.807) is 12.0 Å². The van der Waals surface area contributed by atoms with Gasteiger partial charge >= 0.3 is 0 Å². The van der Waals surface area contributed by atoms with Gasteiger partial charge in [0.05, 0.1) is 17.9 Å². The molecule has 1 aromatic heterocycles. The van der Waals surface area contributed by atoms with Crippen molar-refractivity contribution in [3.05, 3.63) is 53.6 Å². The summed E-state index contributed by atoms with van der Waals surface area (Å²) in [7, 11) is 1.63. The summed E-state index contributed by atoms with van der Waals surface area (Å²) in [6.45, 7) is 5.32. The molecule has 0 bridgehead atoms. The Bertz CT molecular complexity index is 971. The Morgan fingerprint density at radius 2 is 1.79 bits per heavy atom. The first-order valence-corrected chi connectivity index (χ1v) is 10.7. The van der Waals surface area contributed by atoms with Crippen LogP contribution in [0.4, 0.5) is 0 Å². The molecule has 0 spiro atoms. The molecule has 1 amide bonds. The van der Waals surface area contributed by atoms with Crippen molar-refractivity contribution in [2.45, 2.75) is 19.0 Å². The Kier molecular flexibility index (Phi) is 7.17. The lowest BCUT2D eigenvalue weighted by Crippen LogP contribution is -2.31. The fourth-order valence-electron chi connectivity index (χ4n) is 2.94. The van der Waals surface area contributed by atoms with Crippen LogP contribution in [0.1, 0.15) is 13.8 Å². The van der Waals surface area contributed by atoms with Crippen LogP contribution in [0.2, 0.25) is 5.02 Å². The van der Waals surface area contributed by atoms with Crippen molar-refractivity contribution in [2.75, 3.05) is 26.0 Å². The van der Waals surface area contributed by atoms with Crippen molar-refractivity contribution in [1.29, 1.82) is 0 Å². The Morgan fingerprint density at radius 1 is 1.10 bits per heavy atom. The number of amides is 1. The Morgan fingerprint density at radius 3 is 2.41 bits per heavy atom. The molecule has 29 heavy (non-hydrogen) atoms. The van der Waals surface area contributed by atoms with Crippen molar-refractivity contribution in [1.82, 2.24) is 19.7 Å². The van der Waals surface area contributed by atoms with Gasteiger partial charge in [0.15, 0.2) is 11.0 Å². The van der Waals surface area contributed by atoms with Crippen LogP contribution in [0.25, 0.3) is 17.1 Å². The summed E-state index contributed by atoms with van der Waals surface area (Å²) in [4.78, 5) is 14.3. The van der Waals surface area contributed by atoms with Gasteiger partial charge in [0.25, 0.3) is 0 Å². The third kappa shape index (κ3) is 4.74. The van der Waals surface area contributed by atoms with Crippen LogP contribution in [-0.2, 0) is 4.79 Å². The van der Waals surface area contributed by atoms with Gasteiger partial charge in [-0.05, 0) is 50.2 Å². The van der Waals surface area contributed by atoms with Gasteiger partial charge in [0.2, 0.25) is 5.91 Å². The van der Waals surface area contributed by atoms with Gasteiger partial charge in [0.1, 0.15) is 5.75 Å². The third-order valence-corrected chi connectivity index (χ3v) is 5.76. The number of hydrogen-bond acceptors (Lipinski definition) is 5. The lowest BCUT2D eigenvalue weighted by molar-refractivity contribution is -0.127.